The Kier molecular flexibility index (Phi) is 11.4. The number of halogens is 4. The van der Waals surface area contributed by atoms with Gasteiger partial charge in [-0.3, -0.25) is 14.4 Å². The van der Waals surface area contributed by atoms with Crippen LogP contribution in [0, 0.1) is 17.2 Å². The molecule has 0 aliphatic heterocycles. The molecular weight excluding hydrogens is 760 g/mol. The van der Waals surface area contributed by atoms with Crippen LogP contribution >= 0.6 is 22.6 Å². The molecule has 0 radical (unpaired) electrons. The van der Waals surface area contributed by atoms with Crippen LogP contribution in [-0.2, 0) is 28.9 Å². The van der Waals surface area contributed by atoms with Gasteiger partial charge in [0.2, 0.25) is 5.91 Å². The second kappa shape index (κ2) is 14.6. The van der Waals surface area contributed by atoms with Gasteiger partial charge in [-0.05, 0) is 69.7 Å². The van der Waals surface area contributed by atoms with Gasteiger partial charge in [-0.15, -0.1) is 0 Å². The second-order valence-electron chi connectivity index (χ2n) is 11.8. The fraction of sp³-hybridized carbons (Fsp3) is 0.516. The van der Waals surface area contributed by atoms with Crippen molar-refractivity contribution < 1.29 is 54.9 Å². The number of rotatable bonds is 11. The Morgan fingerprint density at radius 3 is 2.28 bits per heavy atom. The number of anilines is 1. The highest BCUT2D eigenvalue weighted by atomic mass is 127. The topological polar surface area (TPSA) is 146 Å². The van der Waals surface area contributed by atoms with E-state index in [-0.39, 0.29) is 41.6 Å². The SMILES string of the molecule is COc1cc(F)c(O[C@H]2CC[C@@](C)(C(=O)OC)CC2)cc1C(=O)N[C@H]1C[C@@H](OC)C[C@H]1C(=O)Nc1cccc(S(=O)(=O)C(F)(F)I)c1. The molecular formula is C31H36F3IN2O9S. The minimum absolute atomic E-state index is 0.0284. The Bertz CT molecular complexity index is 1610. The largest absolute Gasteiger partial charge is 0.496 e. The van der Waals surface area contributed by atoms with E-state index in [1.54, 1.807) is 0 Å². The average molecular weight is 797 g/mol. The summed E-state index contributed by atoms with van der Waals surface area (Å²) in [6.45, 7) is 1.81. The maximum atomic E-state index is 15.1. The number of nitrogens with one attached hydrogen (secondary N) is 2. The number of benzene rings is 2. The lowest BCUT2D eigenvalue weighted by molar-refractivity contribution is -0.154. The van der Waals surface area contributed by atoms with Crippen LogP contribution in [0.4, 0.5) is 18.9 Å². The van der Waals surface area contributed by atoms with Gasteiger partial charge >= 0.3 is 9.23 Å². The van der Waals surface area contributed by atoms with Gasteiger partial charge in [0, 0.05) is 47.5 Å². The van der Waals surface area contributed by atoms with E-state index in [2.05, 4.69) is 10.6 Å². The van der Waals surface area contributed by atoms with E-state index in [1.165, 1.54) is 39.5 Å². The smallest absolute Gasteiger partial charge is 0.398 e. The molecule has 2 N–H and O–H groups in total. The van der Waals surface area contributed by atoms with Crippen molar-refractivity contribution in [2.75, 3.05) is 26.6 Å². The predicted molar refractivity (Wildman–Crippen MR) is 172 cm³/mol. The molecule has 2 aliphatic carbocycles. The van der Waals surface area contributed by atoms with E-state index < -0.39 is 65.2 Å². The summed E-state index contributed by atoms with van der Waals surface area (Å²) >= 11 is 0.527. The zero-order valence-electron chi connectivity index (χ0n) is 26.1. The number of hydrogen-bond donors (Lipinski definition) is 2. The quantitative estimate of drug-likeness (QED) is 0.177. The maximum Gasteiger partial charge on any atom is 0.398 e. The van der Waals surface area contributed by atoms with Gasteiger partial charge in [0.25, 0.3) is 15.7 Å². The predicted octanol–water partition coefficient (Wildman–Crippen LogP) is 5.26. The number of amides is 2. The van der Waals surface area contributed by atoms with E-state index in [1.807, 2.05) is 6.92 Å². The Hall–Kier alpha value is -3.12. The molecule has 2 aliphatic rings. The fourth-order valence-corrected chi connectivity index (χ4v) is 7.51. The summed E-state index contributed by atoms with van der Waals surface area (Å²) < 4.78 is 84.4. The fourth-order valence-electron chi connectivity index (χ4n) is 5.94. The third-order valence-electron chi connectivity index (χ3n) is 8.73. The first-order valence-corrected chi connectivity index (χ1v) is 17.3. The van der Waals surface area contributed by atoms with E-state index in [9.17, 15) is 31.6 Å². The lowest BCUT2D eigenvalue weighted by atomic mass is 9.75. The van der Waals surface area contributed by atoms with Gasteiger partial charge in [0.15, 0.2) is 11.6 Å². The van der Waals surface area contributed by atoms with Crippen LogP contribution in [0.15, 0.2) is 41.3 Å². The number of carbonyl (C=O) groups is 3. The monoisotopic (exact) mass is 796 g/mol. The summed E-state index contributed by atoms with van der Waals surface area (Å²) in [6.07, 6.45) is 1.49. The Labute approximate surface area is 284 Å². The number of carbonyl (C=O) groups excluding carboxylic acids is 3. The zero-order chi connectivity index (χ0) is 34.7. The van der Waals surface area contributed by atoms with Crippen LogP contribution in [0.2, 0.25) is 0 Å². The third-order valence-corrected chi connectivity index (χ3v) is 12.0. The minimum atomic E-state index is -5.00. The molecule has 0 spiro atoms. The van der Waals surface area contributed by atoms with E-state index >= 15 is 4.39 Å². The van der Waals surface area contributed by atoms with Gasteiger partial charge in [-0.2, -0.15) is 8.78 Å². The number of ether oxygens (including phenoxy) is 4. The highest BCUT2D eigenvalue weighted by Crippen LogP contribution is 2.40. The molecule has 258 valence electrons. The number of alkyl halides is 3. The van der Waals surface area contributed by atoms with Crippen molar-refractivity contribution in [1.82, 2.24) is 5.32 Å². The molecule has 0 unspecified atom stereocenters. The van der Waals surface area contributed by atoms with Gasteiger partial charge in [0.1, 0.15) is 5.75 Å². The molecule has 3 atom stereocenters. The van der Waals surface area contributed by atoms with Crippen LogP contribution in [0.1, 0.15) is 55.8 Å². The molecule has 47 heavy (non-hydrogen) atoms. The van der Waals surface area contributed by atoms with E-state index in [0.29, 0.717) is 48.3 Å². The normalized spacial score (nSPS) is 24.7. The molecule has 0 bridgehead atoms. The molecule has 0 saturated heterocycles. The lowest BCUT2D eigenvalue weighted by Gasteiger charge is -2.35. The minimum Gasteiger partial charge on any atom is -0.496 e. The second-order valence-corrected chi connectivity index (χ2v) is 15.9. The summed E-state index contributed by atoms with van der Waals surface area (Å²) in [5.41, 5.74) is -0.733. The Balaban J connectivity index is 1.50. The van der Waals surface area contributed by atoms with Crippen LogP contribution < -0.4 is 20.1 Å². The molecule has 16 heteroatoms. The summed E-state index contributed by atoms with van der Waals surface area (Å²) in [4.78, 5) is 38.4. The van der Waals surface area contributed by atoms with Crippen molar-refractivity contribution in [2.45, 2.75) is 71.9 Å². The van der Waals surface area contributed by atoms with Crippen LogP contribution in [-0.4, -0.2) is 69.0 Å². The van der Waals surface area contributed by atoms with Crippen LogP contribution in [0.25, 0.3) is 0 Å². The molecule has 11 nitrogen and oxygen atoms in total. The lowest BCUT2D eigenvalue weighted by Crippen LogP contribution is -2.42. The third kappa shape index (κ3) is 8.13. The van der Waals surface area contributed by atoms with Crippen molar-refractivity contribution in [3.63, 3.8) is 0 Å². The first-order chi connectivity index (χ1) is 22.0. The van der Waals surface area contributed by atoms with Gasteiger partial charge in [0.05, 0.1) is 48.2 Å². The number of methoxy groups -OCH3 is 3. The standard InChI is InChI=1S/C31H36F3IN2O9S/c1-30(29(40)45-4)10-8-18(9-11-30)46-26-15-22(25(44-3)16-23(26)32)28(39)37-24-14-19(43-2)13-21(24)27(38)36-17-6-5-7-20(12-17)47(41,42)31(33,34)35/h5-7,12,15-16,18-19,21,24H,8-11,13-14H2,1-4H3,(H,36,38)(H,37,39)/t18-,19-,21+,24-,30+/m0/s1. The zero-order valence-corrected chi connectivity index (χ0v) is 29.1. The Morgan fingerprint density at radius 2 is 1.68 bits per heavy atom. The summed E-state index contributed by atoms with van der Waals surface area (Å²) in [5.74, 6) is -3.44. The molecule has 2 fully saturated rings. The molecule has 2 saturated carbocycles. The van der Waals surface area contributed by atoms with E-state index in [4.69, 9.17) is 18.9 Å². The van der Waals surface area contributed by atoms with Crippen molar-refractivity contribution in [3.05, 3.63) is 47.8 Å². The van der Waals surface area contributed by atoms with Crippen molar-refractivity contribution in [2.24, 2.45) is 11.3 Å². The Morgan fingerprint density at radius 1 is 1.00 bits per heavy atom. The maximum absolute atomic E-state index is 15.1. The van der Waals surface area contributed by atoms with Gasteiger partial charge in [-0.25, -0.2) is 12.8 Å². The summed E-state index contributed by atoms with van der Waals surface area (Å²) in [5, 5.41) is 5.36. The molecule has 0 aromatic heterocycles. The van der Waals surface area contributed by atoms with Crippen LogP contribution in [0.5, 0.6) is 11.5 Å². The average Bonchev–Trinajstić information content (AvgIpc) is 3.44. The van der Waals surface area contributed by atoms with Gasteiger partial charge < -0.3 is 29.6 Å². The molecule has 4 rings (SSSR count). The number of hydrogen-bond acceptors (Lipinski definition) is 9. The molecule has 2 amide bonds. The first kappa shape index (κ1) is 36.7. The van der Waals surface area contributed by atoms with Crippen molar-refractivity contribution in [3.8, 4) is 11.5 Å². The molecule has 2 aromatic rings. The van der Waals surface area contributed by atoms with Crippen LogP contribution in [0.3, 0.4) is 0 Å². The van der Waals surface area contributed by atoms with Crippen molar-refractivity contribution >= 4 is 55.9 Å². The van der Waals surface area contributed by atoms with Crippen molar-refractivity contribution in [1.29, 1.82) is 0 Å². The number of esters is 1. The summed E-state index contributed by atoms with van der Waals surface area (Å²) in [7, 11) is -0.942. The van der Waals surface area contributed by atoms with Gasteiger partial charge in [-0.1, -0.05) is 6.07 Å². The molecule has 0 heterocycles. The highest BCUT2D eigenvalue weighted by molar-refractivity contribution is 14.1. The summed E-state index contributed by atoms with van der Waals surface area (Å²) in [6, 6.07) is 6.00. The van der Waals surface area contributed by atoms with E-state index in [0.717, 1.165) is 18.2 Å². The first-order valence-electron chi connectivity index (χ1n) is 14.7. The highest BCUT2D eigenvalue weighted by Gasteiger charge is 2.44. The number of sulfone groups is 1. The molecule has 2 aromatic carbocycles.